The van der Waals surface area contributed by atoms with Crippen molar-refractivity contribution in [3.8, 4) is 22.6 Å². The molecule has 3 N–H and O–H groups in total. The minimum Gasteiger partial charge on any atom is -0.507 e. The number of ether oxygens (including phenoxy) is 1. The maximum absolute atomic E-state index is 11.1. The fraction of sp³-hybridized carbons (Fsp3) is 0.235. The molecule has 0 radical (unpaired) electrons. The third-order valence-electron chi connectivity index (χ3n) is 3.97. The zero-order valence-electron chi connectivity index (χ0n) is 12.0. The Labute approximate surface area is 127 Å². The molecule has 114 valence electrons. The third kappa shape index (κ3) is 2.40. The Balaban J connectivity index is 2.07. The highest BCUT2D eigenvalue weighted by Gasteiger charge is 2.30. The number of hydrogen-bond acceptors (Lipinski definition) is 4. The fourth-order valence-corrected chi connectivity index (χ4v) is 2.65. The quantitative estimate of drug-likeness (QED) is 0.794. The summed E-state index contributed by atoms with van der Waals surface area (Å²) < 4.78 is 5.60. The van der Waals surface area contributed by atoms with E-state index in [0.29, 0.717) is 24.3 Å². The predicted molar refractivity (Wildman–Crippen MR) is 80.2 cm³/mol. The van der Waals surface area contributed by atoms with Gasteiger partial charge < -0.3 is 20.1 Å². The standard InChI is InChI=1S/C17H16O5/c1-17(21)6-7-22-15-9-11(2-4-13(15)17)10-3-5-14(18)12(8-10)16(19)20/h2-5,8-9,18,21H,6-7H2,1H3,(H,19,20). The van der Waals surface area contributed by atoms with E-state index in [1.165, 1.54) is 12.1 Å². The van der Waals surface area contributed by atoms with Gasteiger partial charge in [0.15, 0.2) is 0 Å². The van der Waals surface area contributed by atoms with Crippen LogP contribution >= 0.6 is 0 Å². The van der Waals surface area contributed by atoms with E-state index in [9.17, 15) is 15.0 Å². The van der Waals surface area contributed by atoms with Crippen molar-refractivity contribution in [2.45, 2.75) is 18.9 Å². The number of carboxylic acid groups (broad SMARTS) is 1. The molecule has 0 bridgehead atoms. The monoisotopic (exact) mass is 300 g/mol. The van der Waals surface area contributed by atoms with Gasteiger partial charge in [-0.1, -0.05) is 18.2 Å². The fourth-order valence-electron chi connectivity index (χ4n) is 2.65. The topological polar surface area (TPSA) is 87.0 Å². The number of aromatic hydroxyl groups is 1. The molecule has 0 spiro atoms. The van der Waals surface area contributed by atoms with Crippen LogP contribution < -0.4 is 4.74 Å². The summed E-state index contributed by atoms with van der Waals surface area (Å²) in [5, 5.41) is 29.0. The van der Waals surface area contributed by atoms with Gasteiger partial charge in [-0.25, -0.2) is 4.79 Å². The average molecular weight is 300 g/mol. The molecule has 1 heterocycles. The zero-order valence-corrected chi connectivity index (χ0v) is 12.0. The second kappa shape index (κ2) is 5.03. The average Bonchev–Trinajstić information content (AvgIpc) is 2.46. The van der Waals surface area contributed by atoms with E-state index in [1.807, 2.05) is 0 Å². The Morgan fingerprint density at radius 3 is 2.59 bits per heavy atom. The lowest BCUT2D eigenvalue weighted by molar-refractivity contribution is 0.0147. The first-order chi connectivity index (χ1) is 10.4. The van der Waals surface area contributed by atoms with E-state index < -0.39 is 11.6 Å². The first kappa shape index (κ1) is 14.4. The van der Waals surface area contributed by atoms with Crippen molar-refractivity contribution >= 4 is 5.97 Å². The van der Waals surface area contributed by atoms with Crippen molar-refractivity contribution in [2.75, 3.05) is 6.61 Å². The molecule has 5 nitrogen and oxygen atoms in total. The predicted octanol–water partition coefficient (Wildman–Crippen LogP) is 2.75. The SMILES string of the molecule is CC1(O)CCOc2cc(-c3ccc(O)c(C(=O)O)c3)ccc21. The molecular weight excluding hydrogens is 284 g/mol. The highest BCUT2D eigenvalue weighted by atomic mass is 16.5. The van der Waals surface area contributed by atoms with Gasteiger partial charge in [0, 0.05) is 12.0 Å². The summed E-state index contributed by atoms with van der Waals surface area (Å²) in [5.74, 6) is -0.858. The Kier molecular flexibility index (Phi) is 3.30. The highest BCUT2D eigenvalue weighted by Crippen LogP contribution is 2.39. The highest BCUT2D eigenvalue weighted by molar-refractivity contribution is 5.92. The van der Waals surface area contributed by atoms with E-state index in [2.05, 4.69) is 0 Å². The number of aliphatic hydroxyl groups is 1. The van der Waals surface area contributed by atoms with Crippen molar-refractivity contribution in [3.05, 3.63) is 47.5 Å². The second-order valence-corrected chi connectivity index (χ2v) is 5.62. The maximum atomic E-state index is 11.1. The lowest BCUT2D eigenvalue weighted by atomic mass is 9.88. The maximum Gasteiger partial charge on any atom is 0.339 e. The molecule has 1 atom stereocenters. The smallest absolute Gasteiger partial charge is 0.339 e. The van der Waals surface area contributed by atoms with Crippen LogP contribution in [-0.2, 0) is 5.60 Å². The van der Waals surface area contributed by atoms with Gasteiger partial charge in [0.1, 0.15) is 17.1 Å². The Bertz CT molecular complexity index is 749. The molecule has 3 rings (SSSR count). The van der Waals surface area contributed by atoms with Crippen molar-refractivity contribution in [1.29, 1.82) is 0 Å². The van der Waals surface area contributed by atoms with Crippen LogP contribution in [-0.4, -0.2) is 27.9 Å². The van der Waals surface area contributed by atoms with Crippen LogP contribution in [0.2, 0.25) is 0 Å². The first-order valence-electron chi connectivity index (χ1n) is 6.95. The van der Waals surface area contributed by atoms with Crippen LogP contribution in [0.15, 0.2) is 36.4 Å². The van der Waals surface area contributed by atoms with Gasteiger partial charge >= 0.3 is 5.97 Å². The van der Waals surface area contributed by atoms with Crippen LogP contribution in [0, 0.1) is 0 Å². The molecule has 2 aromatic rings. The molecule has 2 aromatic carbocycles. The van der Waals surface area contributed by atoms with E-state index in [-0.39, 0.29) is 11.3 Å². The molecule has 1 aliphatic heterocycles. The summed E-state index contributed by atoms with van der Waals surface area (Å²) in [6.45, 7) is 2.18. The minimum absolute atomic E-state index is 0.150. The second-order valence-electron chi connectivity index (χ2n) is 5.62. The number of rotatable bonds is 2. The van der Waals surface area contributed by atoms with Gasteiger partial charge in [-0.15, -0.1) is 0 Å². The summed E-state index contributed by atoms with van der Waals surface area (Å²) in [7, 11) is 0. The number of fused-ring (bicyclic) bond motifs is 1. The number of benzene rings is 2. The van der Waals surface area contributed by atoms with Gasteiger partial charge in [-0.3, -0.25) is 0 Å². The van der Waals surface area contributed by atoms with Gasteiger partial charge in [-0.05, 0) is 36.2 Å². The van der Waals surface area contributed by atoms with Crippen LogP contribution in [0.25, 0.3) is 11.1 Å². The van der Waals surface area contributed by atoms with E-state index >= 15 is 0 Å². The lowest BCUT2D eigenvalue weighted by Gasteiger charge is -2.31. The van der Waals surface area contributed by atoms with Crippen LogP contribution in [0.4, 0.5) is 0 Å². The van der Waals surface area contributed by atoms with Gasteiger partial charge in [0.25, 0.3) is 0 Å². The van der Waals surface area contributed by atoms with Crippen molar-refractivity contribution in [3.63, 3.8) is 0 Å². The Hall–Kier alpha value is -2.53. The van der Waals surface area contributed by atoms with Gasteiger partial charge in [0.05, 0.1) is 12.2 Å². The normalized spacial score (nSPS) is 20.1. The third-order valence-corrected chi connectivity index (χ3v) is 3.97. The van der Waals surface area contributed by atoms with Gasteiger partial charge in [-0.2, -0.15) is 0 Å². The number of aromatic carboxylic acids is 1. The van der Waals surface area contributed by atoms with E-state index in [0.717, 1.165) is 11.1 Å². The summed E-state index contributed by atoms with van der Waals surface area (Å²) in [4.78, 5) is 11.1. The molecule has 1 unspecified atom stereocenters. The number of carbonyl (C=O) groups is 1. The molecule has 22 heavy (non-hydrogen) atoms. The molecule has 0 aromatic heterocycles. The van der Waals surface area contributed by atoms with Gasteiger partial charge in [0.2, 0.25) is 0 Å². The van der Waals surface area contributed by atoms with Crippen LogP contribution in [0.1, 0.15) is 29.3 Å². The zero-order chi connectivity index (χ0) is 15.9. The molecule has 0 amide bonds. The summed E-state index contributed by atoms with van der Waals surface area (Å²) in [6.07, 6.45) is 0.529. The molecular formula is C17H16O5. The number of phenols is 1. The van der Waals surface area contributed by atoms with Crippen LogP contribution in [0.5, 0.6) is 11.5 Å². The molecule has 1 aliphatic rings. The Morgan fingerprint density at radius 2 is 1.86 bits per heavy atom. The summed E-state index contributed by atoms with van der Waals surface area (Å²) >= 11 is 0. The number of hydrogen-bond donors (Lipinski definition) is 3. The molecule has 0 saturated heterocycles. The summed E-state index contributed by atoms with van der Waals surface area (Å²) in [6, 6.07) is 9.79. The Morgan fingerprint density at radius 1 is 1.18 bits per heavy atom. The van der Waals surface area contributed by atoms with E-state index in [1.54, 1.807) is 31.2 Å². The van der Waals surface area contributed by atoms with Crippen molar-refractivity contribution < 1.29 is 24.9 Å². The van der Waals surface area contributed by atoms with E-state index in [4.69, 9.17) is 9.84 Å². The van der Waals surface area contributed by atoms with Crippen molar-refractivity contribution in [1.82, 2.24) is 0 Å². The molecule has 0 aliphatic carbocycles. The van der Waals surface area contributed by atoms with Crippen molar-refractivity contribution in [2.24, 2.45) is 0 Å². The largest absolute Gasteiger partial charge is 0.507 e. The first-order valence-corrected chi connectivity index (χ1v) is 6.95. The lowest BCUT2D eigenvalue weighted by Crippen LogP contribution is -2.29. The number of carboxylic acids is 1. The van der Waals surface area contributed by atoms with Crippen LogP contribution in [0.3, 0.4) is 0 Å². The molecule has 5 heteroatoms. The molecule has 0 saturated carbocycles. The summed E-state index contributed by atoms with van der Waals surface area (Å²) in [5.41, 5.74) is 1.07. The molecule has 0 fully saturated rings. The minimum atomic E-state index is -1.18.